The number of hydrogen-bond donors (Lipinski definition) is 1. The third-order valence-corrected chi connectivity index (χ3v) is 7.95. The number of likely N-dealkylation sites (N-methyl/N-ethyl adjacent to an activating group) is 1. The number of ether oxygens (including phenoxy) is 1. The molecule has 2 unspecified atom stereocenters. The first-order valence-corrected chi connectivity index (χ1v) is 14.5. The van der Waals surface area contributed by atoms with Crippen LogP contribution in [0.1, 0.15) is 52.5 Å². The minimum Gasteiger partial charge on any atom is -0.457 e. The van der Waals surface area contributed by atoms with Crippen LogP contribution in [0.4, 0.5) is 5.69 Å². The van der Waals surface area contributed by atoms with Gasteiger partial charge in [0.05, 0.1) is 5.41 Å². The van der Waals surface area contributed by atoms with Crippen molar-refractivity contribution < 1.29 is 14.6 Å². The molecule has 3 aliphatic rings. The van der Waals surface area contributed by atoms with Crippen molar-refractivity contribution in [3.05, 3.63) is 83.5 Å². The van der Waals surface area contributed by atoms with Gasteiger partial charge in [-0.25, -0.2) is 0 Å². The molecule has 0 aromatic heterocycles. The molecule has 210 valence electrons. The van der Waals surface area contributed by atoms with Crippen LogP contribution in [-0.4, -0.2) is 61.9 Å². The smallest absolute Gasteiger partial charge is 0.311 e. The quantitative estimate of drug-likeness (QED) is 0.407. The van der Waals surface area contributed by atoms with E-state index in [1.165, 1.54) is 22.4 Å². The van der Waals surface area contributed by atoms with Gasteiger partial charge in [0, 0.05) is 50.3 Å². The van der Waals surface area contributed by atoms with Crippen molar-refractivity contribution >= 4 is 17.2 Å². The average Bonchev–Trinajstić information content (AvgIpc) is 2.93. The van der Waals surface area contributed by atoms with Gasteiger partial charge in [0.1, 0.15) is 6.10 Å². The van der Waals surface area contributed by atoms with Crippen molar-refractivity contribution in [2.75, 3.05) is 44.7 Å². The molecule has 4 rings (SSSR count). The summed E-state index contributed by atoms with van der Waals surface area (Å²) in [6.07, 6.45) is 17.4. The van der Waals surface area contributed by atoms with E-state index < -0.39 is 5.41 Å². The van der Waals surface area contributed by atoms with Crippen LogP contribution in [-0.2, 0) is 9.53 Å². The summed E-state index contributed by atoms with van der Waals surface area (Å²) >= 11 is 0. The van der Waals surface area contributed by atoms with Gasteiger partial charge in [-0.3, -0.25) is 4.79 Å². The van der Waals surface area contributed by atoms with E-state index in [1.54, 1.807) is 0 Å². The van der Waals surface area contributed by atoms with E-state index >= 15 is 0 Å². The number of hydrogen-bond acceptors (Lipinski definition) is 5. The molecule has 3 atom stereocenters. The molecule has 2 aliphatic carbocycles. The number of benzene rings is 1. The fourth-order valence-corrected chi connectivity index (χ4v) is 5.47. The zero-order valence-electron chi connectivity index (χ0n) is 24.4. The monoisotopic (exact) mass is 530 g/mol. The van der Waals surface area contributed by atoms with Crippen LogP contribution >= 0.6 is 0 Å². The van der Waals surface area contributed by atoms with Crippen LogP contribution in [0.3, 0.4) is 0 Å². The van der Waals surface area contributed by atoms with Crippen molar-refractivity contribution in [1.29, 1.82) is 0 Å². The Hall–Kier alpha value is -2.89. The standard InChI is InChI=1S/C34H46N2O3/c1-25-24-28(15-18-31(25)39-33(38)34(2,3)4)32(30(12-9-23-37)26-10-7-6-8-11-26)27-13-16-29(17-14-27)36-21-19-35(5)20-22-36/h6-8,10,13-18,24-26,31,37H,9,11-12,19-23H2,1-5H3/b32-30+/t25-,26?,31?/m1/s1. The number of aliphatic hydroxyl groups is 1. The van der Waals surface area contributed by atoms with E-state index in [0.29, 0.717) is 0 Å². The second-order valence-corrected chi connectivity index (χ2v) is 12.2. The maximum atomic E-state index is 12.6. The molecule has 1 aliphatic heterocycles. The maximum absolute atomic E-state index is 12.6. The number of piperazine rings is 1. The van der Waals surface area contributed by atoms with Gasteiger partial charge >= 0.3 is 5.97 Å². The van der Waals surface area contributed by atoms with Crippen molar-refractivity contribution in [3.8, 4) is 0 Å². The summed E-state index contributed by atoms with van der Waals surface area (Å²) in [5.74, 6) is 0.158. The summed E-state index contributed by atoms with van der Waals surface area (Å²) in [6.45, 7) is 12.2. The number of anilines is 1. The van der Waals surface area contributed by atoms with Gasteiger partial charge < -0.3 is 19.6 Å². The number of aliphatic hydroxyl groups excluding tert-OH is 1. The van der Waals surface area contributed by atoms with Gasteiger partial charge in [0.15, 0.2) is 0 Å². The predicted octanol–water partition coefficient (Wildman–Crippen LogP) is 6.19. The van der Waals surface area contributed by atoms with Gasteiger partial charge in [0.2, 0.25) is 0 Å². The van der Waals surface area contributed by atoms with Gasteiger partial charge in [-0.05, 0) is 82.0 Å². The lowest BCUT2D eigenvalue weighted by molar-refractivity contribution is -0.157. The van der Waals surface area contributed by atoms with E-state index in [1.807, 2.05) is 26.8 Å². The Morgan fingerprint density at radius 2 is 1.77 bits per heavy atom. The van der Waals surface area contributed by atoms with E-state index in [2.05, 4.69) is 84.5 Å². The van der Waals surface area contributed by atoms with E-state index in [9.17, 15) is 9.90 Å². The molecule has 5 heteroatoms. The zero-order chi connectivity index (χ0) is 28.0. The van der Waals surface area contributed by atoms with Crippen molar-refractivity contribution in [2.45, 2.75) is 53.1 Å². The molecule has 1 saturated heterocycles. The molecular formula is C34H46N2O3. The molecule has 1 aromatic rings. The van der Waals surface area contributed by atoms with Crippen LogP contribution in [0.15, 0.2) is 77.9 Å². The Balaban J connectivity index is 1.70. The number of carbonyl (C=O) groups is 1. The first-order chi connectivity index (χ1) is 18.7. The Kier molecular flexibility index (Phi) is 9.68. The highest BCUT2D eigenvalue weighted by atomic mass is 16.5. The Morgan fingerprint density at radius 1 is 1.05 bits per heavy atom. The SMILES string of the molecule is C[C@@H]1C=C(/C(=C(\CCCO)C2C=CC=CC2)c2ccc(N3CCN(C)CC3)cc2)C=CC1OC(=O)C(C)(C)C. The fourth-order valence-electron chi connectivity index (χ4n) is 5.47. The lowest BCUT2D eigenvalue weighted by Gasteiger charge is -2.34. The van der Waals surface area contributed by atoms with Crippen molar-refractivity contribution in [2.24, 2.45) is 17.3 Å². The zero-order valence-corrected chi connectivity index (χ0v) is 24.4. The highest BCUT2D eigenvalue weighted by Crippen LogP contribution is 2.39. The molecular weight excluding hydrogens is 484 g/mol. The second-order valence-electron chi connectivity index (χ2n) is 12.2. The summed E-state index contributed by atoms with van der Waals surface area (Å²) in [5, 5.41) is 9.76. The molecule has 5 nitrogen and oxygen atoms in total. The Morgan fingerprint density at radius 3 is 2.36 bits per heavy atom. The summed E-state index contributed by atoms with van der Waals surface area (Å²) in [7, 11) is 2.18. The molecule has 0 bridgehead atoms. The molecule has 39 heavy (non-hydrogen) atoms. The lowest BCUT2D eigenvalue weighted by atomic mass is 9.79. The minimum atomic E-state index is -0.535. The maximum Gasteiger partial charge on any atom is 0.311 e. The first-order valence-electron chi connectivity index (χ1n) is 14.5. The topological polar surface area (TPSA) is 53.0 Å². The normalized spacial score (nSPS) is 24.4. The summed E-state index contributed by atoms with van der Waals surface area (Å²) in [5.41, 5.74) is 5.67. The molecule has 1 heterocycles. The van der Waals surface area contributed by atoms with Gasteiger partial charge in [-0.2, -0.15) is 0 Å². The molecule has 0 saturated carbocycles. The molecule has 1 N–H and O–H groups in total. The third kappa shape index (κ3) is 7.40. The molecule has 0 amide bonds. The van der Waals surface area contributed by atoms with Crippen molar-refractivity contribution in [3.63, 3.8) is 0 Å². The van der Waals surface area contributed by atoms with Gasteiger partial charge in [-0.15, -0.1) is 0 Å². The van der Waals surface area contributed by atoms with Crippen LogP contribution in [0.25, 0.3) is 5.57 Å². The number of allylic oxidation sites excluding steroid dienone is 8. The predicted molar refractivity (Wildman–Crippen MR) is 162 cm³/mol. The number of carbonyl (C=O) groups excluding carboxylic acids is 1. The van der Waals surface area contributed by atoms with Crippen molar-refractivity contribution in [1.82, 2.24) is 4.90 Å². The number of rotatable bonds is 8. The lowest BCUT2D eigenvalue weighted by Crippen LogP contribution is -2.44. The average molecular weight is 531 g/mol. The van der Waals surface area contributed by atoms with Crippen LogP contribution in [0.5, 0.6) is 0 Å². The Bertz CT molecular complexity index is 1140. The molecule has 1 aromatic carbocycles. The highest BCUT2D eigenvalue weighted by molar-refractivity contribution is 5.85. The summed E-state index contributed by atoms with van der Waals surface area (Å²) in [4.78, 5) is 17.4. The molecule has 0 spiro atoms. The molecule has 1 fully saturated rings. The van der Waals surface area contributed by atoms with Gasteiger partial charge in [0.25, 0.3) is 0 Å². The van der Waals surface area contributed by atoms with E-state index in [0.717, 1.165) is 51.0 Å². The first kappa shape index (κ1) is 29.1. The summed E-state index contributed by atoms with van der Waals surface area (Å²) in [6, 6.07) is 9.03. The Labute approximate surface area is 235 Å². The van der Waals surface area contributed by atoms with Crippen LogP contribution in [0, 0.1) is 17.3 Å². The number of nitrogens with zero attached hydrogens (tertiary/aromatic N) is 2. The van der Waals surface area contributed by atoms with E-state index in [-0.39, 0.29) is 30.5 Å². The summed E-state index contributed by atoms with van der Waals surface area (Å²) < 4.78 is 5.89. The van der Waals surface area contributed by atoms with E-state index in [4.69, 9.17) is 4.74 Å². The number of esters is 1. The minimum absolute atomic E-state index is 0.0526. The fraction of sp³-hybridized carbons (Fsp3) is 0.500. The second kappa shape index (κ2) is 13.0. The van der Waals surface area contributed by atoms with Crippen LogP contribution in [0.2, 0.25) is 0 Å². The third-order valence-electron chi connectivity index (χ3n) is 7.95. The molecule has 0 radical (unpaired) electrons. The van der Waals surface area contributed by atoms with Gasteiger partial charge in [-0.1, -0.05) is 61.1 Å². The van der Waals surface area contributed by atoms with Crippen LogP contribution < -0.4 is 4.90 Å². The largest absolute Gasteiger partial charge is 0.457 e. The highest BCUT2D eigenvalue weighted by Gasteiger charge is 2.30.